The van der Waals surface area contributed by atoms with Crippen molar-refractivity contribution in [1.82, 2.24) is 29.1 Å². The second kappa shape index (κ2) is 14.2. The van der Waals surface area contributed by atoms with E-state index in [2.05, 4.69) is 30.6 Å². The molecular weight excluding hydrogens is 672 g/mol. The number of hydrogen-bond acceptors (Lipinski definition) is 9. The van der Waals surface area contributed by atoms with Crippen LogP contribution in [0.2, 0.25) is 0 Å². The van der Waals surface area contributed by atoms with Gasteiger partial charge >= 0.3 is 0 Å². The number of nitrogens with one attached hydrogen (secondary N) is 2. The van der Waals surface area contributed by atoms with Gasteiger partial charge in [-0.2, -0.15) is 0 Å². The van der Waals surface area contributed by atoms with Gasteiger partial charge in [-0.3, -0.25) is 29.1 Å². The smallest absolute Gasteiger partial charge is 0.258 e. The molecule has 6 aromatic rings. The summed E-state index contributed by atoms with van der Waals surface area (Å²) in [5, 5.41) is 16.5. The van der Waals surface area contributed by atoms with Crippen molar-refractivity contribution in [3.05, 3.63) is 104 Å². The highest BCUT2D eigenvalue weighted by Gasteiger charge is 2.30. The van der Waals surface area contributed by atoms with Crippen LogP contribution >= 0.6 is 0 Å². The molecular formula is C40H40N8O5. The Morgan fingerprint density at radius 2 is 1.21 bits per heavy atom. The van der Waals surface area contributed by atoms with Gasteiger partial charge < -0.3 is 24.9 Å². The highest BCUT2D eigenvalue weighted by Crippen LogP contribution is 2.32. The molecule has 0 saturated heterocycles. The summed E-state index contributed by atoms with van der Waals surface area (Å²) in [5.74, 6) is 1.10. The predicted molar refractivity (Wildman–Crippen MR) is 203 cm³/mol. The van der Waals surface area contributed by atoms with E-state index in [4.69, 9.17) is 0 Å². The molecule has 2 amide bonds. The Morgan fingerprint density at radius 3 is 1.66 bits per heavy atom. The number of carbonyl (C=O) groups is 2. The number of aromatic nitrogens is 6. The fraction of sp³-hybridized carbons (Fsp3) is 0.300. The predicted octanol–water partition coefficient (Wildman–Crippen LogP) is 5.11. The van der Waals surface area contributed by atoms with E-state index >= 15 is 0 Å². The first-order valence-electron chi connectivity index (χ1n) is 17.5. The number of amides is 2. The lowest BCUT2D eigenvalue weighted by Crippen LogP contribution is -2.20. The standard InChI is InChI=1S/C20H20N4O3.C20H20N4O2/c1-11-5-14(10-25)21-9-16(11)15-6-13-8-22-18(23-19(26)12-3-4-12)7-17(13)24(2)20(15)27;1-11-4-7-15(12(2)22-11)16-8-14-10-21-18(23-19(25)13-5-6-13)9-17(14)24(3)20(16)26/h5-9,12,25H,3-4,10H2,1-2H3,(H,22,23,26);4,7-10,13H,5-6H2,1-3H3,(H,21,23,25). The Bertz CT molecular complexity index is 2570. The third-order valence-electron chi connectivity index (χ3n) is 9.75. The summed E-state index contributed by atoms with van der Waals surface area (Å²) in [5.41, 5.74) is 7.01. The summed E-state index contributed by atoms with van der Waals surface area (Å²) < 4.78 is 3.15. The molecule has 53 heavy (non-hydrogen) atoms. The van der Waals surface area contributed by atoms with Gasteiger partial charge in [0.15, 0.2) is 0 Å². The van der Waals surface area contributed by atoms with E-state index in [1.807, 2.05) is 39.0 Å². The fourth-order valence-corrected chi connectivity index (χ4v) is 6.35. The van der Waals surface area contributed by atoms with E-state index < -0.39 is 0 Å². The Balaban J connectivity index is 0.000000164. The van der Waals surface area contributed by atoms with Crippen molar-refractivity contribution in [3.63, 3.8) is 0 Å². The first kappa shape index (κ1) is 35.3. The number of aliphatic hydroxyl groups excluding tert-OH is 1. The molecule has 13 heteroatoms. The minimum atomic E-state index is -0.158. The van der Waals surface area contributed by atoms with Gasteiger partial charge in [0, 0.05) is 101 Å². The molecule has 8 rings (SSSR count). The lowest BCUT2D eigenvalue weighted by Gasteiger charge is -2.12. The minimum Gasteiger partial charge on any atom is -0.390 e. The van der Waals surface area contributed by atoms with Crippen LogP contribution < -0.4 is 21.8 Å². The molecule has 0 aromatic carbocycles. The summed E-state index contributed by atoms with van der Waals surface area (Å²) in [6, 6.07) is 12.7. The summed E-state index contributed by atoms with van der Waals surface area (Å²) >= 11 is 0. The Labute approximate surface area is 304 Å². The molecule has 2 aliphatic rings. The maximum Gasteiger partial charge on any atom is 0.258 e. The van der Waals surface area contributed by atoms with Crippen LogP contribution in [0.4, 0.5) is 11.6 Å². The maximum absolute atomic E-state index is 12.9. The van der Waals surface area contributed by atoms with Crippen LogP contribution in [0.5, 0.6) is 0 Å². The number of fused-ring (bicyclic) bond motifs is 2. The molecule has 3 N–H and O–H groups in total. The van der Waals surface area contributed by atoms with E-state index in [0.717, 1.165) is 70.1 Å². The highest BCUT2D eigenvalue weighted by atomic mass is 16.3. The van der Waals surface area contributed by atoms with Gasteiger partial charge in [0.05, 0.1) is 23.3 Å². The quantitative estimate of drug-likeness (QED) is 0.203. The van der Waals surface area contributed by atoms with Crippen LogP contribution in [-0.2, 0) is 30.3 Å². The van der Waals surface area contributed by atoms with Crippen LogP contribution in [0.1, 0.15) is 48.3 Å². The van der Waals surface area contributed by atoms with Crippen molar-refractivity contribution >= 4 is 45.3 Å². The van der Waals surface area contributed by atoms with E-state index in [1.165, 1.54) is 0 Å². The SMILES string of the molecule is Cc1cc(CO)ncc1-c1cc2cnc(NC(=O)C3CC3)cc2n(C)c1=O.Cc1ccc(-c2cc3cnc(NC(=O)C4CC4)cc3n(C)c2=O)c(C)n1. The van der Waals surface area contributed by atoms with E-state index in [9.17, 15) is 24.3 Å². The van der Waals surface area contributed by atoms with Crippen LogP contribution in [0, 0.1) is 32.6 Å². The second-order valence-electron chi connectivity index (χ2n) is 13.9. The van der Waals surface area contributed by atoms with Crippen molar-refractivity contribution in [2.24, 2.45) is 25.9 Å². The number of aryl methyl sites for hydroxylation is 5. The van der Waals surface area contributed by atoms with Gasteiger partial charge in [-0.15, -0.1) is 0 Å². The zero-order valence-electron chi connectivity index (χ0n) is 30.2. The lowest BCUT2D eigenvalue weighted by atomic mass is 10.0. The molecule has 2 aliphatic carbocycles. The molecule has 270 valence electrons. The third-order valence-corrected chi connectivity index (χ3v) is 9.75. The normalized spacial score (nSPS) is 13.8. The van der Waals surface area contributed by atoms with Gasteiger partial charge in [0.25, 0.3) is 11.1 Å². The molecule has 0 atom stereocenters. The van der Waals surface area contributed by atoms with Gasteiger partial charge in [-0.25, -0.2) is 9.97 Å². The summed E-state index contributed by atoms with van der Waals surface area (Å²) in [6.45, 7) is 5.57. The molecule has 13 nitrogen and oxygen atoms in total. The van der Waals surface area contributed by atoms with Crippen LogP contribution in [-0.4, -0.2) is 46.0 Å². The molecule has 0 aliphatic heterocycles. The number of rotatable bonds is 7. The first-order chi connectivity index (χ1) is 25.4. The number of hydrogen-bond donors (Lipinski definition) is 3. The highest BCUT2D eigenvalue weighted by molar-refractivity contribution is 5.96. The molecule has 6 aromatic heterocycles. The zero-order valence-corrected chi connectivity index (χ0v) is 30.2. The monoisotopic (exact) mass is 712 g/mol. The maximum atomic E-state index is 12.9. The molecule has 2 fully saturated rings. The van der Waals surface area contributed by atoms with E-state index in [1.54, 1.807) is 66.1 Å². The van der Waals surface area contributed by atoms with Crippen LogP contribution in [0.15, 0.2) is 70.6 Å². The van der Waals surface area contributed by atoms with Crippen LogP contribution in [0.25, 0.3) is 44.1 Å². The second-order valence-corrected chi connectivity index (χ2v) is 13.9. The molecule has 6 heterocycles. The minimum absolute atomic E-state index is 0.000162. The van der Waals surface area contributed by atoms with Crippen molar-refractivity contribution in [2.45, 2.75) is 53.1 Å². The molecule has 0 spiro atoms. The van der Waals surface area contributed by atoms with E-state index in [-0.39, 0.29) is 41.4 Å². The Kier molecular flexibility index (Phi) is 9.43. The van der Waals surface area contributed by atoms with Gasteiger partial charge in [-0.1, -0.05) is 6.07 Å². The lowest BCUT2D eigenvalue weighted by molar-refractivity contribution is -0.118. The van der Waals surface area contributed by atoms with Crippen molar-refractivity contribution < 1.29 is 14.7 Å². The Hall–Kier alpha value is -6.08. The van der Waals surface area contributed by atoms with Gasteiger partial charge in [0.1, 0.15) is 11.6 Å². The third kappa shape index (κ3) is 7.33. The van der Waals surface area contributed by atoms with E-state index in [0.29, 0.717) is 34.0 Å². The number of nitrogens with zero attached hydrogens (tertiary/aromatic N) is 6. The van der Waals surface area contributed by atoms with Crippen molar-refractivity contribution in [2.75, 3.05) is 10.6 Å². The largest absolute Gasteiger partial charge is 0.390 e. The molecule has 2 saturated carbocycles. The summed E-state index contributed by atoms with van der Waals surface area (Å²) in [4.78, 5) is 67.0. The van der Waals surface area contributed by atoms with Gasteiger partial charge in [0.2, 0.25) is 11.8 Å². The van der Waals surface area contributed by atoms with Gasteiger partial charge in [-0.05, 0) is 76.3 Å². The fourth-order valence-electron chi connectivity index (χ4n) is 6.35. The molecule has 0 radical (unpaired) electrons. The average molecular weight is 713 g/mol. The summed E-state index contributed by atoms with van der Waals surface area (Å²) in [7, 11) is 3.43. The first-order valence-corrected chi connectivity index (χ1v) is 17.5. The zero-order chi connectivity index (χ0) is 37.6. The average Bonchev–Trinajstić information content (AvgIpc) is 4.06. The number of pyridine rings is 6. The molecule has 0 unspecified atom stereocenters. The number of carbonyl (C=O) groups excluding carboxylic acids is 2. The number of anilines is 2. The Morgan fingerprint density at radius 1 is 0.698 bits per heavy atom. The number of aliphatic hydroxyl groups is 1. The summed E-state index contributed by atoms with van der Waals surface area (Å²) in [6.07, 6.45) is 8.67. The molecule has 0 bridgehead atoms. The van der Waals surface area contributed by atoms with Crippen molar-refractivity contribution in [1.29, 1.82) is 0 Å². The van der Waals surface area contributed by atoms with Crippen molar-refractivity contribution in [3.8, 4) is 22.3 Å². The van der Waals surface area contributed by atoms with Crippen LogP contribution in [0.3, 0.4) is 0 Å². The topological polar surface area (TPSA) is 174 Å².